The number of halogens is 2. The minimum absolute atomic E-state index is 0.196. The Hall–Kier alpha value is -1.00. The third kappa shape index (κ3) is 3.75. The molecule has 0 N–H and O–H groups in total. The SMILES string of the molecule is Fc1ccccc1SCCSc1ccccc1F. The Kier molecular flexibility index (Phi) is 5.08. The minimum Gasteiger partial charge on any atom is -0.206 e. The largest absolute Gasteiger partial charge is 0.206 e. The summed E-state index contributed by atoms with van der Waals surface area (Å²) in [5.74, 6) is 1.11. The lowest BCUT2D eigenvalue weighted by atomic mass is 10.3. The second kappa shape index (κ2) is 6.81. The first-order valence-electron chi connectivity index (χ1n) is 5.52. The predicted molar refractivity (Wildman–Crippen MR) is 74.2 cm³/mol. The van der Waals surface area contributed by atoms with Gasteiger partial charge in [0.25, 0.3) is 0 Å². The van der Waals surface area contributed by atoms with E-state index in [0.717, 1.165) is 11.5 Å². The summed E-state index contributed by atoms with van der Waals surface area (Å²) in [6, 6.07) is 13.4. The summed E-state index contributed by atoms with van der Waals surface area (Å²) >= 11 is 2.91. The molecular weight excluding hydrogens is 270 g/mol. The average Bonchev–Trinajstić information content (AvgIpc) is 2.38. The molecule has 2 aromatic rings. The highest BCUT2D eigenvalue weighted by Crippen LogP contribution is 2.26. The van der Waals surface area contributed by atoms with Crippen molar-refractivity contribution in [2.75, 3.05) is 11.5 Å². The zero-order valence-corrected chi connectivity index (χ0v) is 11.2. The fourth-order valence-electron chi connectivity index (χ4n) is 1.43. The average molecular weight is 282 g/mol. The molecular formula is C14H12F2S2. The van der Waals surface area contributed by atoms with Crippen LogP contribution in [-0.4, -0.2) is 11.5 Å². The topological polar surface area (TPSA) is 0 Å². The maximum atomic E-state index is 13.3. The van der Waals surface area contributed by atoms with Crippen LogP contribution < -0.4 is 0 Å². The van der Waals surface area contributed by atoms with Gasteiger partial charge in [0.2, 0.25) is 0 Å². The lowest BCUT2D eigenvalue weighted by Gasteiger charge is -2.04. The molecule has 0 aliphatic carbocycles. The summed E-state index contributed by atoms with van der Waals surface area (Å²) in [6.07, 6.45) is 0. The molecule has 94 valence electrons. The summed E-state index contributed by atoms with van der Waals surface area (Å²) in [5.41, 5.74) is 0. The van der Waals surface area contributed by atoms with Crippen molar-refractivity contribution in [1.29, 1.82) is 0 Å². The van der Waals surface area contributed by atoms with E-state index in [0.29, 0.717) is 9.79 Å². The number of rotatable bonds is 5. The minimum atomic E-state index is -0.196. The molecule has 0 heterocycles. The fraction of sp³-hybridized carbons (Fsp3) is 0.143. The monoisotopic (exact) mass is 282 g/mol. The Morgan fingerprint density at radius 3 is 1.44 bits per heavy atom. The van der Waals surface area contributed by atoms with Crippen LogP contribution >= 0.6 is 23.5 Å². The van der Waals surface area contributed by atoms with Gasteiger partial charge in [0.1, 0.15) is 11.6 Å². The van der Waals surface area contributed by atoms with Gasteiger partial charge in [0.15, 0.2) is 0 Å². The number of hydrogen-bond donors (Lipinski definition) is 0. The highest BCUT2D eigenvalue weighted by atomic mass is 32.2. The molecule has 0 spiro atoms. The van der Waals surface area contributed by atoms with Crippen LogP contribution in [0.15, 0.2) is 58.3 Å². The summed E-state index contributed by atoms with van der Waals surface area (Å²) in [7, 11) is 0. The van der Waals surface area contributed by atoms with Crippen LogP contribution in [0.5, 0.6) is 0 Å². The van der Waals surface area contributed by atoms with Gasteiger partial charge in [-0.1, -0.05) is 24.3 Å². The van der Waals surface area contributed by atoms with Crippen LogP contribution in [0.3, 0.4) is 0 Å². The van der Waals surface area contributed by atoms with Gasteiger partial charge in [-0.2, -0.15) is 0 Å². The molecule has 0 radical (unpaired) electrons. The van der Waals surface area contributed by atoms with Gasteiger partial charge in [-0.15, -0.1) is 23.5 Å². The van der Waals surface area contributed by atoms with Gasteiger partial charge in [-0.25, -0.2) is 8.78 Å². The van der Waals surface area contributed by atoms with E-state index in [1.165, 1.54) is 35.7 Å². The van der Waals surface area contributed by atoms with E-state index < -0.39 is 0 Å². The van der Waals surface area contributed by atoms with Crippen LogP contribution in [0.25, 0.3) is 0 Å². The standard InChI is InChI=1S/C14H12F2S2/c15-11-5-1-3-7-13(11)17-9-10-18-14-8-4-2-6-12(14)16/h1-8H,9-10H2. The highest BCUT2D eigenvalue weighted by Gasteiger charge is 2.03. The van der Waals surface area contributed by atoms with Crippen molar-refractivity contribution in [2.24, 2.45) is 0 Å². The molecule has 4 heteroatoms. The molecule has 0 fully saturated rings. The van der Waals surface area contributed by atoms with Crippen LogP contribution in [0.4, 0.5) is 8.78 Å². The number of thioether (sulfide) groups is 2. The second-order valence-corrected chi connectivity index (χ2v) is 5.83. The summed E-state index contributed by atoms with van der Waals surface area (Å²) in [6.45, 7) is 0. The summed E-state index contributed by atoms with van der Waals surface area (Å²) in [4.78, 5) is 1.29. The molecule has 0 aliphatic heterocycles. The van der Waals surface area contributed by atoms with Gasteiger partial charge in [-0.05, 0) is 24.3 Å². The van der Waals surface area contributed by atoms with Gasteiger partial charge < -0.3 is 0 Å². The maximum absolute atomic E-state index is 13.3. The molecule has 18 heavy (non-hydrogen) atoms. The van der Waals surface area contributed by atoms with Crippen molar-refractivity contribution >= 4 is 23.5 Å². The van der Waals surface area contributed by atoms with Crippen LogP contribution in [0.2, 0.25) is 0 Å². The molecule has 2 aromatic carbocycles. The first kappa shape index (κ1) is 13.4. The lowest BCUT2D eigenvalue weighted by molar-refractivity contribution is 0.601. The highest BCUT2D eigenvalue weighted by molar-refractivity contribution is 8.03. The van der Waals surface area contributed by atoms with E-state index in [1.807, 2.05) is 12.1 Å². The van der Waals surface area contributed by atoms with E-state index >= 15 is 0 Å². The summed E-state index contributed by atoms with van der Waals surface area (Å²) < 4.78 is 26.6. The quantitative estimate of drug-likeness (QED) is 0.568. The van der Waals surface area contributed by atoms with E-state index in [4.69, 9.17) is 0 Å². The smallest absolute Gasteiger partial charge is 0.136 e. The number of benzene rings is 2. The Bertz CT molecular complexity index is 467. The molecule has 0 nitrogen and oxygen atoms in total. The van der Waals surface area contributed by atoms with Crippen molar-refractivity contribution in [3.05, 3.63) is 60.2 Å². The normalized spacial score (nSPS) is 10.6. The molecule has 0 saturated heterocycles. The summed E-state index contributed by atoms with van der Waals surface area (Å²) in [5, 5.41) is 0. The van der Waals surface area contributed by atoms with Crippen LogP contribution in [0.1, 0.15) is 0 Å². The third-order valence-electron chi connectivity index (χ3n) is 2.27. The first-order valence-corrected chi connectivity index (χ1v) is 7.49. The predicted octanol–water partition coefficient (Wildman–Crippen LogP) is 4.85. The first-order chi connectivity index (χ1) is 8.77. The Labute approximate surface area is 114 Å². The number of hydrogen-bond acceptors (Lipinski definition) is 2. The van der Waals surface area contributed by atoms with Gasteiger partial charge in [0, 0.05) is 21.3 Å². The molecule has 0 aromatic heterocycles. The van der Waals surface area contributed by atoms with Crippen LogP contribution in [0, 0.1) is 11.6 Å². The molecule has 0 unspecified atom stereocenters. The molecule has 0 aliphatic rings. The third-order valence-corrected chi connectivity index (χ3v) is 4.63. The maximum Gasteiger partial charge on any atom is 0.136 e. The van der Waals surface area contributed by atoms with Crippen molar-refractivity contribution in [3.63, 3.8) is 0 Å². The molecule has 0 amide bonds. The van der Waals surface area contributed by atoms with E-state index in [2.05, 4.69) is 0 Å². The van der Waals surface area contributed by atoms with Crippen molar-refractivity contribution in [2.45, 2.75) is 9.79 Å². The van der Waals surface area contributed by atoms with Gasteiger partial charge in [0.05, 0.1) is 0 Å². The Morgan fingerprint density at radius 2 is 1.06 bits per heavy atom. The molecule has 0 bridgehead atoms. The van der Waals surface area contributed by atoms with Crippen molar-refractivity contribution in [3.8, 4) is 0 Å². The lowest BCUT2D eigenvalue weighted by Crippen LogP contribution is -1.88. The molecule has 0 saturated carbocycles. The van der Waals surface area contributed by atoms with E-state index in [1.54, 1.807) is 24.3 Å². The van der Waals surface area contributed by atoms with Crippen molar-refractivity contribution < 1.29 is 8.78 Å². The molecule has 0 atom stereocenters. The Balaban J connectivity index is 1.80. The van der Waals surface area contributed by atoms with Gasteiger partial charge >= 0.3 is 0 Å². The zero-order valence-electron chi connectivity index (χ0n) is 9.61. The van der Waals surface area contributed by atoms with Crippen LogP contribution in [-0.2, 0) is 0 Å². The zero-order chi connectivity index (χ0) is 12.8. The Morgan fingerprint density at radius 1 is 0.667 bits per heavy atom. The fourth-order valence-corrected chi connectivity index (χ4v) is 3.29. The molecule has 2 rings (SSSR count). The van der Waals surface area contributed by atoms with E-state index in [9.17, 15) is 8.78 Å². The van der Waals surface area contributed by atoms with E-state index in [-0.39, 0.29) is 11.6 Å². The van der Waals surface area contributed by atoms with Gasteiger partial charge in [-0.3, -0.25) is 0 Å². The second-order valence-electron chi connectivity index (χ2n) is 3.56. The van der Waals surface area contributed by atoms with Crippen molar-refractivity contribution in [1.82, 2.24) is 0 Å².